The quantitative estimate of drug-likeness (QED) is 0.0950. The maximum Gasteiger partial charge on any atom is 0.157 e. The first kappa shape index (κ1) is 45.5. The summed E-state index contributed by atoms with van der Waals surface area (Å²) in [6, 6.07) is 70.2. The molecule has 0 spiro atoms. The molecule has 0 radical (unpaired) electrons. The van der Waals surface area contributed by atoms with Crippen LogP contribution in [0.3, 0.4) is 0 Å². The Labute approximate surface area is 431 Å². The van der Waals surface area contributed by atoms with Crippen molar-refractivity contribution in [2.45, 2.75) is 44.9 Å². The molecular weight excluding hydrogens is 961 g/mol. The Hall–Kier alpha value is -7.32. The van der Waals surface area contributed by atoms with Gasteiger partial charge in [0.15, 0.2) is 6.29 Å². The number of halogens is 1. The lowest BCUT2D eigenvalue weighted by Crippen LogP contribution is -2.22. The van der Waals surface area contributed by atoms with Gasteiger partial charge in [-0.1, -0.05) is 210 Å². The van der Waals surface area contributed by atoms with Crippen molar-refractivity contribution >= 4 is 146 Å². The number of rotatable bonds is 7. The van der Waals surface area contributed by atoms with Gasteiger partial charge in [-0.25, -0.2) is 0 Å². The molecule has 1 aliphatic heterocycles. The van der Waals surface area contributed by atoms with E-state index in [9.17, 15) is 5.11 Å². The molecule has 12 aromatic carbocycles. The van der Waals surface area contributed by atoms with Gasteiger partial charge in [0.05, 0.1) is 28.7 Å². The second-order valence-corrected chi connectivity index (χ2v) is 20.2. The molecule has 0 saturated carbocycles. The first-order chi connectivity index (χ1) is 36.2. The van der Waals surface area contributed by atoms with Crippen LogP contribution in [0.2, 0.25) is 0 Å². The van der Waals surface area contributed by atoms with Crippen molar-refractivity contribution < 1.29 is 14.6 Å². The Balaban J connectivity index is 0.000000118. The largest absolute Gasteiger partial charge is 0.396 e. The number of aliphatic hydroxyl groups excluding tert-OH is 1. The minimum absolute atomic E-state index is 0.0859. The number of alkyl halides is 1. The van der Waals surface area contributed by atoms with Gasteiger partial charge in [0.1, 0.15) is 0 Å². The lowest BCUT2D eigenvalue weighted by Gasteiger charge is -2.22. The number of aryl methyl sites for hydroxylation is 1. The number of aromatic amines is 1. The number of nitrogens with one attached hydrogen (secondary N) is 1. The third-order valence-electron chi connectivity index (χ3n) is 15.2. The summed E-state index contributed by atoms with van der Waals surface area (Å²) in [6.45, 7) is 2.65. The fourth-order valence-electron chi connectivity index (χ4n) is 12.2. The summed E-state index contributed by atoms with van der Waals surface area (Å²) >= 11 is 3.35. The van der Waals surface area contributed by atoms with Crippen LogP contribution in [0.4, 0.5) is 0 Å². The zero-order valence-corrected chi connectivity index (χ0v) is 42.3. The SMILES string of the molecule is BrCCCOC1CCCCO1.OCCCn1c2c3ccccc3c3ccccc3c2c2c3ccccc3c3ccccc3c21.c1ccc2c(c1)c1ccccc1c1c2[nH]c2c3ccccc3c3ccccc3c21. The first-order valence-electron chi connectivity index (χ1n) is 25.9. The Kier molecular flexibility index (Phi) is 12.2. The van der Waals surface area contributed by atoms with E-state index in [4.69, 9.17) is 9.47 Å². The van der Waals surface area contributed by atoms with Gasteiger partial charge in [0.2, 0.25) is 0 Å². The topological polar surface area (TPSA) is 59.4 Å². The van der Waals surface area contributed by atoms with Crippen LogP contribution in [0.5, 0.6) is 0 Å². The Bertz CT molecular complexity index is 4130. The molecule has 1 unspecified atom stereocenters. The van der Waals surface area contributed by atoms with Crippen molar-refractivity contribution in [1.82, 2.24) is 9.55 Å². The van der Waals surface area contributed by atoms with Crippen LogP contribution in [0.15, 0.2) is 194 Å². The number of hydrogen-bond donors (Lipinski definition) is 2. The summed E-state index contributed by atoms with van der Waals surface area (Å²) in [5.41, 5.74) is 5.01. The standard InChI is InChI=1S/C31H23NO.C28H17N.C8H15BrO2/c33-19-9-18-32-30-26-16-7-3-12-22(26)20-10-1-5-14-24(20)28(30)29-25-15-6-2-11-21(25)23-13-4-8-17-27(23)31(29)32;1-5-13-21-17(9-1)19-11-3-7-15-23(19)27-25(21)26-22-14-6-2-10-18(22)20-12-4-8-16-24(20)28(26)29-27;9-5-3-7-11-8-4-1-2-6-10-8/h1-8,10-17,33H,9,18-19H2;1-16,29H;8H,1-7H2. The van der Waals surface area contributed by atoms with E-state index in [1.54, 1.807) is 0 Å². The molecule has 1 saturated heterocycles. The molecule has 0 amide bonds. The summed E-state index contributed by atoms with van der Waals surface area (Å²) < 4.78 is 13.3. The second kappa shape index (κ2) is 19.6. The fourth-order valence-corrected chi connectivity index (χ4v) is 12.4. The number of aromatic nitrogens is 2. The van der Waals surface area contributed by atoms with Crippen molar-refractivity contribution in [1.29, 1.82) is 0 Å². The van der Waals surface area contributed by atoms with Gasteiger partial charge in [-0.15, -0.1) is 0 Å². The van der Waals surface area contributed by atoms with Gasteiger partial charge in [0, 0.05) is 68.2 Å². The van der Waals surface area contributed by atoms with E-state index in [0.717, 1.165) is 44.4 Å². The van der Waals surface area contributed by atoms with Crippen LogP contribution < -0.4 is 0 Å². The Morgan fingerprint density at radius 2 is 0.781 bits per heavy atom. The molecule has 2 aromatic heterocycles. The highest BCUT2D eigenvalue weighted by Gasteiger charge is 2.23. The number of ether oxygens (including phenoxy) is 2. The van der Waals surface area contributed by atoms with Crippen molar-refractivity contribution in [2.24, 2.45) is 0 Å². The van der Waals surface area contributed by atoms with E-state index < -0.39 is 0 Å². The molecule has 0 aliphatic carbocycles. The summed E-state index contributed by atoms with van der Waals surface area (Å²) in [7, 11) is 0. The molecule has 73 heavy (non-hydrogen) atoms. The maximum absolute atomic E-state index is 9.77. The number of hydrogen-bond acceptors (Lipinski definition) is 3. The van der Waals surface area contributed by atoms with E-state index >= 15 is 0 Å². The number of H-pyrrole nitrogens is 1. The van der Waals surface area contributed by atoms with Crippen molar-refractivity contribution in [3.05, 3.63) is 194 Å². The molecule has 1 aliphatic rings. The summed E-state index contributed by atoms with van der Waals surface area (Å²) in [5.74, 6) is 0. The lowest BCUT2D eigenvalue weighted by molar-refractivity contribution is -0.161. The highest BCUT2D eigenvalue weighted by molar-refractivity contribution is 9.09. The zero-order valence-electron chi connectivity index (χ0n) is 40.7. The average molecular weight is 1020 g/mol. The molecule has 358 valence electrons. The third-order valence-corrected chi connectivity index (χ3v) is 15.8. The summed E-state index contributed by atoms with van der Waals surface area (Å²) in [5, 5.41) is 36.8. The highest BCUT2D eigenvalue weighted by Crippen LogP contribution is 2.47. The lowest BCUT2D eigenvalue weighted by atomic mass is 9.93. The Morgan fingerprint density at radius 3 is 1.15 bits per heavy atom. The minimum Gasteiger partial charge on any atom is -0.396 e. The first-order valence-corrected chi connectivity index (χ1v) is 27.0. The second-order valence-electron chi connectivity index (χ2n) is 19.4. The summed E-state index contributed by atoms with van der Waals surface area (Å²) in [4.78, 5) is 3.85. The van der Waals surface area contributed by atoms with Gasteiger partial charge in [-0.05, 0) is 96.7 Å². The number of aliphatic hydroxyl groups is 1. The van der Waals surface area contributed by atoms with Gasteiger partial charge in [-0.2, -0.15) is 0 Å². The number of benzene rings is 12. The average Bonchev–Trinajstić information content (AvgIpc) is 4.05. The van der Waals surface area contributed by atoms with Crippen molar-refractivity contribution in [3.63, 3.8) is 0 Å². The monoisotopic (exact) mass is 1010 g/mol. The minimum atomic E-state index is 0.0859. The highest BCUT2D eigenvalue weighted by atomic mass is 79.9. The van der Waals surface area contributed by atoms with Gasteiger partial charge >= 0.3 is 0 Å². The molecule has 3 heterocycles. The van der Waals surface area contributed by atoms with E-state index in [2.05, 4.69) is 220 Å². The number of nitrogens with zero attached hydrogens (tertiary/aromatic N) is 1. The summed E-state index contributed by atoms with van der Waals surface area (Å²) in [6.07, 6.45) is 5.39. The van der Waals surface area contributed by atoms with Gasteiger partial charge in [-0.3, -0.25) is 0 Å². The predicted molar refractivity (Wildman–Crippen MR) is 315 cm³/mol. The molecule has 1 fully saturated rings. The molecule has 15 rings (SSSR count). The smallest absolute Gasteiger partial charge is 0.157 e. The zero-order chi connectivity index (χ0) is 48.8. The molecular formula is C67H55BrN2O3. The predicted octanol–water partition coefficient (Wildman–Crippen LogP) is 18.0. The van der Waals surface area contributed by atoms with E-state index in [-0.39, 0.29) is 12.9 Å². The molecule has 5 nitrogen and oxygen atoms in total. The third kappa shape index (κ3) is 7.70. The van der Waals surface area contributed by atoms with Crippen LogP contribution in [0, 0.1) is 0 Å². The van der Waals surface area contributed by atoms with Crippen molar-refractivity contribution in [2.75, 3.05) is 25.2 Å². The number of fused-ring (bicyclic) bond motifs is 26. The Morgan fingerprint density at radius 1 is 0.438 bits per heavy atom. The van der Waals surface area contributed by atoms with E-state index in [1.807, 2.05) is 0 Å². The van der Waals surface area contributed by atoms with Crippen LogP contribution >= 0.6 is 15.9 Å². The van der Waals surface area contributed by atoms with Gasteiger partial charge < -0.3 is 24.1 Å². The van der Waals surface area contributed by atoms with Crippen molar-refractivity contribution in [3.8, 4) is 0 Å². The van der Waals surface area contributed by atoms with Crippen LogP contribution in [-0.2, 0) is 16.0 Å². The molecule has 14 aromatic rings. The van der Waals surface area contributed by atoms with E-state index in [0.29, 0.717) is 0 Å². The molecule has 6 heteroatoms. The van der Waals surface area contributed by atoms with Crippen LogP contribution in [0.1, 0.15) is 32.1 Å². The van der Waals surface area contributed by atoms with Crippen LogP contribution in [0.25, 0.3) is 130 Å². The maximum atomic E-state index is 9.77. The fraction of sp³-hybridized carbons (Fsp3) is 0.164. The normalized spacial score (nSPS) is 14.1. The molecule has 1 atom stereocenters. The van der Waals surface area contributed by atoms with Crippen LogP contribution in [-0.4, -0.2) is 46.1 Å². The van der Waals surface area contributed by atoms with E-state index in [1.165, 1.54) is 143 Å². The van der Waals surface area contributed by atoms with Gasteiger partial charge in [0.25, 0.3) is 0 Å². The molecule has 2 N–H and O–H groups in total. The molecule has 0 bridgehead atoms.